The van der Waals surface area contributed by atoms with Crippen LogP contribution >= 0.6 is 0 Å². The fraction of sp³-hybridized carbons (Fsp3) is 0.393. The van der Waals surface area contributed by atoms with Crippen molar-refractivity contribution in [1.82, 2.24) is 4.90 Å². The summed E-state index contributed by atoms with van der Waals surface area (Å²) >= 11 is 0. The molecule has 168 valence electrons. The van der Waals surface area contributed by atoms with Gasteiger partial charge in [0.2, 0.25) is 5.91 Å². The third kappa shape index (κ3) is 5.20. The monoisotopic (exact) mass is 431 g/mol. The molecular weight excluding hydrogens is 398 g/mol. The van der Waals surface area contributed by atoms with Crippen molar-refractivity contribution in [3.8, 4) is 0 Å². The van der Waals surface area contributed by atoms with Gasteiger partial charge >= 0.3 is 0 Å². The molecule has 0 radical (unpaired) electrons. The number of hydrogen-bond acceptors (Lipinski definition) is 3. The first-order chi connectivity index (χ1) is 15.7. The highest BCUT2D eigenvalue weighted by molar-refractivity contribution is 5.83. The number of methoxy groups -OCH3 is 1. The smallest absolute Gasteiger partial charge is 0.248 e. The third-order valence-corrected chi connectivity index (χ3v) is 6.51. The fourth-order valence-electron chi connectivity index (χ4n) is 4.73. The molecule has 4 heteroatoms. The van der Waals surface area contributed by atoms with Crippen LogP contribution in [0.3, 0.4) is 0 Å². The minimum absolute atomic E-state index is 0.0410. The highest BCUT2D eigenvalue weighted by Crippen LogP contribution is 2.38. The molecule has 1 saturated heterocycles. The third-order valence-electron chi connectivity index (χ3n) is 6.51. The lowest BCUT2D eigenvalue weighted by molar-refractivity contribution is -0.138. The SMILES string of the molecule is CCC[C@H](c1ccc2ccccc2c1)[C@H](OCC(=O)N1CC[C@H](OC)C1)c1ccccc1. The molecule has 0 N–H and O–H groups in total. The number of nitrogens with zero attached hydrogens (tertiary/aromatic N) is 1. The largest absolute Gasteiger partial charge is 0.380 e. The van der Waals surface area contributed by atoms with Gasteiger partial charge in [0.15, 0.2) is 0 Å². The Morgan fingerprint density at radius 3 is 2.47 bits per heavy atom. The van der Waals surface area contributed by atoms with Crippen molar-refractivity contribution in [3.63, 3.8) is 0 Å². The van der Waals surface area contributed by atoms with Crippen molar-refractivity contribution >= 4 is 16.7 Å². The average molecular weight is 432 g/mol. The summed E-state index contributed by atoms with van der Waals surface area (Å²) in [6.45, 7) is 3.68. The van der Waals surface area contributed by atoms with Crippen molar-refractivity contribution < 1.29 is 14.3 Å². The second-order valence-electron chi connectivity index (χ2n) is 8.63. The number of rotatable bonds is 9. The maximum Gasteiger partial charge on any atom is 0.248 e. The lowest BCUT2D eigenvalue weighted by Crippen LogP contribution is -2.34. The summed E-state index contributed by atoms with van der Waals surface area (Å²) < 4.78 is 11.8. The molecule has 0 spiro atoms. The molecule has 0 bridgehead atoms. The number of hydrogen-bond donors (Lipinski definition) is 0. The second-order valence-corrected chi connectivity index (χ2v) is 8.63. The highest BCUT2D eigenvalue weighted by Gasteiger charge is 2.29. The van der Waals surface area contributed by atoms with E-state index in [4.69, 9.17) is 9.47 Å². The van der Waals surface area contributed by atoms with Crippen molar-refractivity contribution in [2.45, 2.75) is 44.3 Å². The van der Waals surface area contributed by atoms with E-state index in [1.165, 1.54) is 16.3 Å². The van der Waals surface area contributed by atoms with Crippen LogP contribution in [0.2, 0.25) is 0 Å². The molecule has 3 atom stereocenters. The molecule has 32 heavy (non-hydrogen) atoms. The van der Waals surface area contributed by atoms with Crippen molar-refractivity contribution in [3.05, 3.63) is 83.9 Å². The Labute approximate surface area is 191 Å². The Kier molecular flexibility index (Phi) is 7.56. The molecule has 1 aliphatic rings. The van der Waals surface area contributed by atoms with Gasteiger partial charge in [0.05, 0.1) is 12.2 Å². The summed E-state index contributed by atoms with van der Waals surface area (Å²) in [5.74, 6) is 0.212. The van der Waals surface area contributed by atoms with Crippen LogP contribution in [0.25, 0.3) is 10.8 Å². The first-order valence-electron chi connectivity index (χ1n) is 11.7. The molecule has 3 aromatic rings. The molecule has 0 aliphatic carbocycles. The van der Waals surface area contributed by atoms with Crippen LogP contribution in [0.4, 0.5) is 0 Å². The van der Waals surface area contributed by atoms with Crippen molar-refractivity contribution in [2.24, 2.45) is 0 Å². The Morgan fingerprint density at radius 1 is 1.00 bits per heavy atom. The molecule has 3 aromatic carbocycles. The zero-order chi connectivity index (χ0) is 22.3. The summed E-state index contributed by atoms with van der Waals surface area (Å²) in [6.07, 6.45) is 2.87. The van der Waals surface area contributed by atoms with Gasteiger partial charge in [-0.3, -0.25) is 4.79 Å². The van der Waals surface area contributed by atoms with Crippen LogP contribution in [0.1, 0.15) is 49.3 Å². The first-order valence-corrected chi connectivity index (χ1v) is 11.7. The zero-order valence-electron chi connectivity index (χ0n) is 19.1. The molecule has 1 fully saturated rings. The topological polar surface area (TPSA) is 38.8 Å². The number of likely N-dealkylation sites (tertiary alicyclic amines) is 1. The highest BCUT2D eigenvalue weighted by atomic mass is 16.5. The molecule has 0 aromatic heterocycles. The molecule has 0 unspecified atom stereocenters. The number of fused-ring (bicyclic) bond motifs is 1. The molecular formula is C28H33NO3. The zero-order valence-corrected chi connectivity index (χ0v) is 19.1. The van der Waals surface area contributed by atoms with Crippen LogP contribution in [0, 0.1) is 0 Å². The van der Waals surface area contributed by atoms with Crippen molar-refractivity contribution in [2.75, 3.05) is 26.8 Å². The van der Waals surface area contributed by atoms with E-state index in [1.54, 1.807) is 7.11 Å². The molecule has 4 rings (SSSR count). The minimum atomic E-state index is -0.179. The van der Waals surface area contributed by atoms with Gasteiger partial charge in [-0.05, 0) is 34.7 Å². The van der Waals surface area contributed by atoms with E-state index >= 15 is 0 Å². The Bertz CT molecular complexity index is 1020. The van der Waals surface area contributed by atoms with E-state index in [0.717, 1.165) is 31.4 Å². The van der Waals surface area contributed by atoms with Gasteiger partial charge in [0.1, 0.15) is 6.61 Å². The van der Waals surface area contributed by atoms with Gasteiger partial charge in [-0.1, -0.05) is 86.1 Å². The van der Waals surface area contributed by atoms with Gasteiger partial charge in [-0.25, -0.2) is 0 Å². The van der Waals surface area contributed by atoms with Gasteiger partial charge in [0, 0.05) is 26.1 Å². The van der Waals surface area contributed by atoms with Crippen LogP contribution in [0.15, 0.2) is 72.8 Å². The molecule has 4 nitrogen and oxygen atoms in total. The number of amides is 1. The molecule has 1 amide bonds. The molecule has 1 aliphatic heterocycles. The summed E-state index contributed by atoms with van der Waals surface area (Å²) in [5, 5.41) is 2.47. The lowest BCUT2D eigenvalue weighted by atomic mass is 9.85. The van der Waals surface area contributed by atoms with Crippen molar-refractivity contribution in [1.29, 1.82) is 0 Å². The summed E-state index contributed by atoms with van der Waals surface area (Å²) in [6, 6.07) is 25.4. The number of ether oxygens (including phenoxy) is 2. The number of benzene rings is 3. The van der Waals surface area contributed by atoms with Gasteiger partial charge in [0.25, 0.3) is 0 Å². The minimum Gasteiger partial charge on any atom is -0.380 e. The maximum atomic E-state index is 12.9. The predicted octanol–water partition coefficient (Wildman–Crippen LogP) is 5.73. The summed E-state index contributed by atoms with van der Waals surface area (Å²) in [7, 11) is 1.71. The second kappa shape index (κ2) is 10.8. The maximum absolute atomic E-state index is 12.9. The predicted molar refractivity (Wildman–Crippen MR) is 129 cm³/mol. The van der Waals surface area contributed by atoms with E-state index in [1.807, 2.05) is 23.1 Å². The van der Waals surface area contributed by atoms with Gasteiger partial charge in [-0.2, -0.15) is 0 Å². The van der Waals surface area contributed by atoms with E-state index in [0.29, 0.717) is 6.54 Å². The van der Waals surface area contributed by atoms with Crippen LogP contribution in [-0.4, -0.2) is 43.7 Å². The quantitative estimate of drug-likeness (QED) is 0.434. The molecule has 1 heterocycles. The number of carbonyl (C=O) groups is 1. The van der Waals surface area contributed by atoms with E-state index in [9.17, 15) is 4.79 Å². The number of carbonyl (C=O) groups excluding carboxylic acids is 1. The summed E-state index contributed by atoms with van der Waals surface area (Å²) in [4.78, 5) is 14.7. The van der Waals surface area contributed by atoms with E-state index in [2.05, 4.69) is 61.5 Å². The average Bonchev–Trinajstić information content (AvgIpc) is 3.33. The van der Waals surface area contributed by atoms with Gasteiger partial charge < -0.3 is 14.4 Å². The van der Waals surface area contributed by atoms with E-state index in [-0.39, 0.29) is 30.6 Å². The standard InChI is InChI=1S/C28H33NO3/c1-3-9-26(24-15-14-21-10-7-8-13-23(21)18-24)28(22-11-5-4-6-12-22)32-20-27(30)29-17-16-25(19-29)31-2/h4-8,10-15,18,25-26,28H,3,9,16-17,19-20H2,1-2H3/t25-,26+,28+/m0/s1. The Balaban J connectivity index is 1.59. The van der Waals surface area contributed by atoms with E-state index < -0.39 is 0 Å². The Morgan fingerprint density at radius 2 is 1.75 bits per heavy atom. The van der Waals surface area contributed by atoms with Crippen LogP contribution < -0.4 is 0 Å². The Hall–Kier alpha value is -2.69. The summed E-state index contributed by atoms with van der Waals surface area (Å²) in [5.41, 5.74) is 2.37. The normalized spacial score (nSPS) is 18.1. The first kappa shape index (κ1) is 22.5. The van der Waals surface area contributed by atoms with Gasteiger partial charge in [-0.15, -0.1) is 0 Å². The van der Waals surface area contributed by atoms with Crippen LogP contribution in [0.5, 0.6) is 0 Å². The lowest BCUT2D eigenvalue weighted by Gasteiger charge is -2.29. The molecule has 0 saturated carbocycles. The van der Waals surface area contributed by atoms with Crippen LogP contribution in [-0.2, 0) is 14.3 Å². The fourth-order valence-corrected chi connectivity index (χ4v) is 4.73.